The Labute approximate surface area is 232 Å². The minimum Gasteiger partial charge on any atom is -0.497 e. The fourth-order valence-corrected chi connectivity index (χ4v) is 5.97. The van der Waals surface area contributed by atoms with E-state index < -0.39 is 5.92 Å². The van der Waals surface area contributed by atoms with E-state index in [2.05, 4.69) is 29.5 Å². The van der Waals surface area contributed by atoms with E-state index in [1.165, 1.54) is 0 Å². The van der Waals surface area contributed by atoms with Crippen molar-refractivity contribution in [1.29, 1.82) is 0 Å². The van der Waals surface area contributed by atoms with E-state index >= 15 is 0 Å². The Bertz CT molecular complexity index is 1520. The highest BCUT2D eigenvalue weighted by atomic mass is 35.5. The predicted octanol–water partition coefficient (Wildman–Crippen LogP) is 6.45. The molecule has 0 saturated heterocycles. The first-order valence-electron chi connectivity index (χ1n) is 12.7. The summed E-state index contributed by atoms with van der Waals surface area (Å²) >= 11 is 12.6. The SMILES string of the molecule is COc1ccc2[nH]cc(CCNC(=O)C3=C(C)NC4=C(C(=O)CC(C)(C)C4)C3c3ccc(Cl)c(Cl)c3)c2c1. The van der Waals surface area contributed by atoms with Crippen LogP contribution in [0, 0.1) is 5.41 Å². The fraction of sp³-hybridized carbons (Fsp3) is 0.333. The van der Waals surface area contributed by atoms with Crippen LogP contribution in [0.25, 0.3) is 10.9 Å². The molecule has 2 heterocycles. The van der Waals surface area contributed by atoms with Crippen LogP contribution in [0.4, 0.5) is 0 Å². The molecule has 1 aliphatic carbocycles. The summed E-state index contributed by atoms with van der Waals surface area (Å²) in [6.45, 7) is 6.50. The summed E-state index contributed by atoms with van der Waals surface area (Å²) in [6.07, 6.45) is 3.74. The van der Waals surface area contributed by atoms with Gasteiger partial charge in [-0.25, -0.2) is 0 Å². The van der Waals surface area contributed by atoms with Gasteiger partial charge in [0, 0.05) is 58.5 Å². The monoisotopic (exact) mass is 551 g/mol. The highest BCUT2D eigenvalue weighted by Crippen LogP contribution is 2.47. The van der Waals surface area contributed by atoms with Gasteiger partial charge < -0.3 is 20.4 Å². The number of carbonyl (C=O) groups is 2. The summed E-state index contributed by atoms with van der Waals surface area (Å²) in [5.74, 6) is 0.0883. The van der Waals surface area contributed by atoms with Gasteiger partial charge in [-0.1, -0.05) is 43.1 Å². The summed E-state index contributed by atoms with van der Waals surface area (Å²) < 4.78 is 5.37. The van der Waals surface area contributed by atoms with Crippen LogP contribution in [0.5, 0.6) is 5.75 Å². The number of nitrogens with one attached hydrogen (secondary N) is 3. The second-order valence-corrected chi connectivity index (χ2v) is 11.6. The van der Waals surface area contributed by atoms with Gasteiger partial charge in [0.1, 0.15) is 5.75 Å². The molecule has 0 spiro atoms. The molecule has 38 heavy (non-hydrogen) atoms. The number of allylic oxidation sites excluding steroid dienone is 3. The Morgan fingerprint density at radius 1 is 1.13 bits per heavy atom. The molecule has 5 rings (SSSR count). The van der Waals surface area contributed by atoms with E-state index in [9.17, 15) is 9.59 Å². The molecule has 3 N–H and O–H groups in total. The van der Waals surface area contributed by atoms with Crippen molar-refractivity contribution in [2.75, 3.05) is 13.7 Å². The van der Waals surface area contributed by atoms with Crippen molar-refractivity contribution in [2.45, 2.75) is 46.0 Å². The number of hydrogen-bond acceptors (Lipinski definition) is 4. The van der Waals surface area contributed by atoms with E-state index in [1.807, 2.05) is 37.4 Å². The molecule has 0 bridgehead atoms. The van der Waals surface area contributed by atoms with Crippen LogP contribution in [0.15, 0.2) is 65.1 Å². The number of H-pyrrole nitrogens is 1. The quantitative estimate of drug-likeness (QED) is 0.329. The molecule has 1 aliphatic heterocycles. The van der Waals surface area contributed by atoms with Gasteiger partial charge in [0.25, 0.3) is 0 Å². The Hall–Kier alpha value is -3.22. The summed E-state index contributed by atoms with van der Waals surface area (Å²) in [7, 11) is 1.64. The van der Waals surface area contributed by atoms with Gasteiger partial charge in [-0.15, -0.1) is 0 Å². The molecule has 3 aromatic rings. The number of amides is 1. The highest BCUT2D eigenvalue weighted by Gasteiger charge is 2.42. The maximum Gasteiger partial charge on any atom is 0.249 e. The maximum absolute atomic E-state index is 13.7. The van der Waals surface area contributed by atoms with Gasteiger partial charge in [0.05, 0.1) is 17.2 Å². The number of Topliss-reactive ketones (excluding diaryl/α,β-unsaturated/α-hetero) is 1. The summed E-state index contributed by atoms with van der Waals surface area (Å²) in [5.41, 5.74) is 5.49. The average Bonchev–Trinajstić information content (AvgIpc) is 3.26. The van der Waals surface area contributed by atoms with Crippen LogP contribution >= 0.6 is 23.2 Å². The molecule has 2 aromatic carbocycles. The van der Waals surface area contributed by atoms with Crippen LogP contribution < -0.4 is 15.4 Å². The number of fused-ring (bicyclic) bond motifs is 1. The van der Waals surface area contributed by atoms with Crippen LogP contribution in [0.1, 0.15) is 50.7 Å². The molecule has 1 amide bonds. The molecule has 1 unspecified atom stereocenters. The zero-order chi connectivity index (χ0) is 27.2. The van der Waals surface area contributed by atoms with Crippen molar-refractivity contribution in [3.63, 3.8) is 0 Å². The smallest absolute Gasteiger partial charge is 0.249 e. The first-order valence-corrected chi connectivity index (χ1v) is 13.4. The third-order valence-corrected chi connectivity index (χ3v) is 8.15. The topological polar surface area (TPSA) is 83.2 Å². The molecular formula is C30H31Cl2N3O3. The number of ketones is 1. The minimum absolute atomic E-state index is 0.0466. The van der Waals surface area contributed by atoms with Crippen molar-refractivity contribution >= 4 is 45.8 Å². The van der Waals surface area contributed by atoms with Crippen molar-refractivity contribution < 1.29 is 14.3 Å². The van der Waals surface area contributed by atoms with E-state index in [0.717, 1.165) is 45.6 Å². The van der Waals surface area contributed by atoms with Gasteiger partial charge in [-0.2, -0.15) is 0 Å². The lowest BCUT2D eigenvalue weighted by Gasteiger charge is -2.39. The predicted molar refractivity (Wildman–Crippen MR) is 152 cm³/mol. The lowest BCUT2D eigenvalue weighted by Crippen LogP contribution is -2.41. The number of aromatic amines is 1. The average molecular weight is 553 g/mol. The number of halogens is 2. The largest absolute Gasteiger partial charge is 0.497 e. The minimum atomic E-state index is -0.526. The Kier molecular flexibility index (Phi) is 7.05. The van der Waals surface area contributed by atoms with Gasteiger partial charge in [-0.05, 0) is 66.6 Å². The molecule has 2 aliphatic rings. The number of dihydropyridines is 1. The molecule has 1 aromatic heterocycles. The lowest BCUT2D eigenvalue weighted by atomic mass is 9.68. The normalized spacial score (nSPS) is 18.9. The molecule has 198 valence electrons. The van der Waals surface area contributed by atoms with E-state index in [0.29, 0.717) is 40.6 Å². The van der Waals surface area contributed by atoms with Gasteiger partial charge in [0.15, 0.2) is 5.78 Å². The summed E-state index contributed by atoms with van der Waals surface area (Å²) in [4.78, 5) is 30.5. The third kappa shape index (κ3) is 4.95. The zero-order valence-electron chi connectivity index (χ0n) is 21.9. The van der Waals surface area contributed by atoms with Crippen molar-refractivity contribution in [1.82, 2.24) is 15.6 Å². The van der Waals surface area contributed by atoms with Gasteiger partial charge >= 0.3 is 0 Å². The molecule has 8 heteroatoms. The first-order chi connectivity index (χ1) is 18.1. The molecular weight excluding hydrogens is 521 g/mol. The fourth-order valence-electron chi connectivity index (χ4n) is 5.66. The van der Waals surface area contributed by atoms with Crippen LogP contribution in [-0.2, 0) is 16.0 Å². The van der Waals surface area contributed by atoms with E-state index in [1.54, 1.807) is 19.2 Å². The Morgan fingerprint density at radius 2 is 1.92 bits per heavy atom. The van der Waals surface area contributed by atoms with Crippen LogP contribution in [-0.4, -0.2) is 30.3 Å². The Balaban J connectivity index is 1.44. The molecule has 0 saturated carbocycles. The summed E-state index contributed by atoms with van der Waals surface area (Å²) in [5, 5.41) is 8.37. The van der Waals surface area contributed by atoms with Gasteiger partial charge in [-0.3, -0.25) is 9.59 Å². The van der Waals surface area contributed by atoms with Crippen LogP contribution in [0.2, 0.25) is 10.0 Å². The zero-order valence-corrected chi connectivity index (χ0v) is 23.4. The second kappa shape index (κ2) is 10.2. The van der Waals surface area contributed by atoms with E-state index in [-0.39, 0.29) is 17.1 Å². The third-order valence-electron chi connectivity index (χ3n) is 7.42. The number of hydrogen-bond donors (Lipinski definition) is 3. The molecule has 6 nitrogen and oxygen atoms in total. The number of benzene rings is 2. The number of aromatic nitrogens is 1. The number of carbonyl (C=O) groups excluding carboxylic acids is 2. The standard InChI is InChI=1S/C30H31Cl2N3O3/c1-16-26(29(37)33-10-9-18-15-34-23-8-6-19(38-4)12-20(18)23)27(17-5-7-21(31)22(32)11-17)28-24(35-16)13-30(2,3)14-25(28)36/h5-8,11-12,15,27,34-35H,9-10,13-14H2,1-4H3,(H,33,37). The van der Waals surface area contributed by atoms with Crippen molar-refractivity contribution in [2.24, 2.45) is 5.41 Å². The Morgan fingerprint density at radius 3 is 2.66 bits per heavy atom. The number of ether oxygens (including phenoxy) is 1. The highest BCUT2D eigenvalue weighted by molar-refractivity contribution is 6.42. The second-order valence-electron chi connectivity index (χ2n) is 10.8. The number of methoxy groups -OCH3 is 1. The molecule has 0 radical (unpaired) electrons. The molecule has 1 atom stereocenters. The first kappa shape index (κ1) is 26.4. The van der Waals surface area contributed by atoms with Gasteiger partial charge in [0.2, 0.25) is 5.91 Å². The van der Waals surface area contributed by atoms with E-state index in [4.69, 9.17) is 27.9 Å². The molecule has 0 fully saturated rings. The van der Waals surface area contributed by atoms with Crippen molar-refractivity contribution in [3.8, 4) is 5.75 Å². The van der Waals surface area contributed by atoms with Crippen LogP contribution in [0.3, 0.4) is 0 Å². The summed E-state index contributed by atoms with van der Waals surface area (Å²) in [6, 6.07) is 11.2. The number of rotatable bonds is 6. The lowest BCUT2D eigenvalue weighted by molar-refractivity contribution is -0.118. The maximum atomic E-state index is 13.7. The van der Waals surface area contributed by atoms with Crippen molar-refractivity contribution in [3.05, 3.63) is 86.3 Å².